The number of nitrogen functional groups attached to an aromatic ring is 1. The highest BCUT2D eigenvalue weighted by atomic mass is 16.1. The van der Waals surface area contributed by atoms with Gasteiger partial charge in [-0.2, -0.15) is 0 Å². The van der Waals surface area contributed by atoms with E-state index in [-0.39, 0.29) is 6.04 Å². The highest BCUT2D eigenvalue weighted by Gasteiger charge is 2.34. The summed E-state index contributed by atoms with van der Waals surface area (Å²) >= 11 is 0. The number of rotatable bonds is 3. The number of anilines is 1. The molecule has 1 unspecified atom stereocenters. The van der Waals surface area contributed by atoms with Crippen LogP contribution in [0.15, 0.2) is 12.1 Å². The van der Waals surface area contributed by atoms with Crippen molar-refractivity contribution in [1.82, 2.24) is 9.80 Å². The number of carbonyl (C=O) groups is 1. The van der Waals surface area contributed by atoms with Crippen LogP contribution in [0.4, 0.5) is 5.69 Å². The second kappa shape index (κ2) is 6.49. The molecule has 1 aromatic carbocycles. The van der Waals surface area contributed by atoms with Gasteiger partial charge >= 0.3 is 0 Å². The number of nitrogens with zero attached hydrogens (tertiary/aromatic N) is 2. The lowest BCUT2D eigenvalue weighted by molar-refractivity contribution is -0.111. The Morgan fingerprint density at radius 2 is 1.83 bits per heavy atom. The van der Waals surface area contributed by atoms with Crippen LogP contribution in [0.1, 0.15) is 67.2 Å². The van der Waals surface area contributed by atoms with E-state index in [2.05, 4.69) is 15.9 Å². The minimum atomic E-state index is -0.166. The van der Waals surface area contributed by atoms with E-state index in [9.17, 15) is 4.79 Å². The molecule has 0 aromatic heterocycles. The molecule has 4 nitrogen and oxygen atoms in total. The third-order valence-corrected chi connectivity index (χ3v) is 6.53. The topological polar surface area (TPSA) is 49.6 Å². The van der Waals surface area contributed by atoms with E-state index in [1.807, 2.05) is 13.1 Å². The lowest BCUT2D eigenvalue weighted by Crippen LogP contribution is -2.35. The van der Waals surface area contributed by atoms with Crippen molar-refractivity contribution in [2.45, 2.75) is 63.1 Å². The number of hydrogen-bond acceptors (Lipinski definition) is 4. The summed E-state index contributed by atoms with van der Waals surface area (Å²) in [6.45, 7) is 3.46. The molecule has 2 heterocycles. The maximum Gasteiger partial charge on any atom is 0.141 e. The fourth-order valence-corrected chi connectivity index (χ4v) is 5.21. The van der Waals surface area contributed by atoms with Crippen molar-refractivity contribution in [3.8, 4) is 0 Å². The Morgan fingerprint density at radius 3 is 2.50 bits per heavy atom. The first-order chi connectivity index (χ1) is 11.7. The van der Waals surface area contributed by atoms with E-state index in [4.69, 9.17) is 5.73 Å². The highest BCUT2D eigenvalue weighted by molar-refractivity contribution is 5.71. The first-order valence-electron chi connectivity index (χ1n) is 9.49. The molecule has 0 amide bonds. The van der Waals surface area contributed by atoms with Gasteiger partial charge in [-0.3, -0.25) is 4.90 Å². The van der Waals surface area contributed by atoms with Crippen molar-refractivity contribution in [2.24, 2.45) is 0 Å². The van der Waals surface area contributed by atoms with Gasteiger partial charge in [0.2, 0.25) is 0 Å². The van der Waals surface area contributed by atoms with Gasteiger partial charge in [0.15, 0.2) is 0 Å². The summed E-state index contributed by atoms with van der Waals surface area (Å²) in [5.41, 5.74) is 10.9. The van der Waals surface area contributed by atoms with Gasteiger partial charge in [0.05, 0.1) is 6.04 Å². The molecule has 0 spiro atoms. The average Bonchev–Trinajstić information content (AvgIpc) is 3.23. The molecule has 2 fully saturated rings. The predicted molar refractivity (Wildman–Crippen MR) is 96.9 cm³/mol. The smallest absolute Gasteiger partial charge is 0.141 e. The van der Waals surface area contributed by atoms with Crippen LogP contribution in [-0.2, 0) is 11.3 Å². The van der Waals surface area contributed by atoms with Crippen LogP contribution < -0.4 is 5.73 Å². The third kappa shape index (κ3) is 2.66. The lowest BCUT2D eigenvalue weighted by Gasteiger charge is -2.35. The Bertz CT molecular complexity index is 616. The van der Waals surface area contributed by atoms with Crippen LogP contribution in [0, 0.1) is 0 Å². The minimum Gasteiger partial charge on any atom is -0.398 e. The van der Waals surface area contributed by atoms with Crippen molar-refractivity contribution in [3.63, 3.8) is 0 Å². The summed E-state index contributed by atoms with van der Waals surface area (Å²) in [7, 11) is 2.02. The minimum absolute atomic E-state index is 0.166. The number of hydrogen-bond donors (Lipinski definition) is 1. The van der Waals surface area contributed by atoms with E-state index in [0.717, 1.165) is 30.1 Å². The molecule has 0 radical (unpaired) electrons. The normalized spacial score (nSPS) is 31.3. The zero-order valence-corrected chi connectivity index (χ0v) is 14.7. The summed E-state index contributed by atoms with van der Waals surface area (Å²) < 4.78 is 0. The van der Waals surface area contributed by atoms with Crippen LogP contribution in [0.5, 0.6) is 0 Å². The van der Waals surface area contributed by atoms with Crippen LogP contribution in [-0.4, -0.2) is 42.3 Å². The molecule has 1 aliphatic carbocycles. The van der Waals surface area contributed by atoms with Crippen LogP contribution in [0.25, 0.3) is 0 Å². The number of aldehydes is 1. The largest absolute Gasteiger partial charge is 0.398 e. The van der Waals surface area contributed by atoms with Crippen LogP contribution in [0.3, 0.4) is 0 Å². The second-order valence-corrected chi connectivity index (χ2v) is 7.88. The Morgan fingerprint density at radius 1 is 1.12 bits per heavy atom. The molecule has 2 N–H and O–H groups in total. The quantitative estimate of drug-likeness (QED) is 0.685. The number of likely N-dealkylation sites (tertiary alicyclic amines) is 1. The molecule has 3 aliphatic rings. The number of nitrogens with two attached hydrogens (primary N) is 1. The van der Waals surface area contributed by atoms with Gasteiger partial charge in [0.25, 0.3) is 0 Å². The maximum atomic E-state index is 11.5. The Balaban J connectivity index is 1.54. The maximum absolute atomic E-state index is 11.5. The summed E-state index contributed by atoms with van der Waals surface area (Å²) in [6, 6.07) is 4.89. The molecule has 2 aliphatic heterocycles. The fraction of sp³-hybridized carbons (Fsp3) is 0.650. The Hall–Kier alpha value is -1.39. The molecule has 1 saturated carbocycles. The predicted octanol–water partition coefficient (Wildman–Crippen LogP) is 3.08. The second-order valence-electron chi connectivity index (χ2n) is 7.88. The van der Waals surface area contributed by atoms with E-state index in [1.165, 1.54) is 62.7 Å². The first-order valence-corrected chi connectivity index (χ1v) is 9.49. The molecule has 4 heteroatoms. The molecular formula is C20H29N3O. The van der Waals surface area contributed by atoms with E-state index in [0.29, 0.717) is 5.92 Å². The van der Waals surface area contributed by atoms with E-state index < -0.39 is 0 Å². The van der Waals surface area contributed by atoms with Gasteiger partial charge in [-0.05, 0) is 81.8 Å². The number of likely N-dealkylation sites (N-methyl/N-ethyl adjacent to an activating group) is 1. The van der Waals surface area contributed by atoms with Gasteiger partial charge < -0.3 is 15.4 Å². The van der Waals surface area contributed by atoms with Gasteiger partial charge in [-0.1, -0.05) is 6.07 Å². The molecule has 1 atom stereocenters. The average molecular weight is 327 g/mol. The Kier molecular flexibility index (Phi) is 4.35. The summed E-state index contributed by atoms with van der Waals surface area (Å²) in [5.74, 6) is 0.636. The zero-order chi connectivity index (χ0) is 16.7. The first kappa shape index (κ1) is 16.1. The van der Waals surface area contributed by atoms with Crippen molar-refractivity contribution < 1.29 is 4.79 Å². The van der Waals surface area contributed by atoms with Gasteiger partial charge in [0, 0.05) is 23.8 Å². The Labute approximate surface area is 145 Å². The summed E-state index contributed by atoms with van der Waals surface area (Å²) in [6.07, 6.45) is 8.97. The van der Waals surface area contributed by atoms with Gasteiger partial charge in [-0.15, -0.1) is 0 Å². The van der Waals surface area contributed by atoms with Gasteiger partial charge in [0.1, 0.15) is 6.29 Å². The molecule has 0 bridgehead atoms. The number of carbonyl (C=O) groups excluding carboxylic acids is 1. The molecule has 1 aromatic rings. The summed E-state index contributed by atoms with van der Waals surface area (Å²) in [4.78, 5) is 16.3. The lowest BCUT2D eigenvalue weighted by atomic mass is 9.78. The van der Waals surface area contributed by atoms with Crippen LogP contribution >= 0.6 is 0 Å². The SMILES string of the molecule is CN1Cc2c(C3CCC(N4CCCC4)CC3)ccc(N)c2C1C=O. The van der Waals surface area contributed by atoms with E-state index >= 15 is 0 Å². The van der Waals surface area contributed by atoms with Crippen molar-refractivity contribution in [1.29, 1.82) is 0 Å². The molecule has 130 valence electrons. The van der Waals surface area contributed by atoms with Crippen LogP contribution in [0.2, 0.25) is 0 Å². The number of fused-ring (bicyclic) bond motifs is 1. The fourth-order valence-electron chi connectivity index (χ4n) is 5.21. The number of benzene rings is 1. The molecule has 4 rings (SSSR count). The third-order valence-electron chi connectivity index (χ3n) is 6.53. The van der Waals surface area contributed by atoms with E-state index in [1.54, 1.807) is 0 Å². The zero-order valence-electron chi connectivity index (χ0n) is 14.7. The van der Waals surface area contributed by atoms with Crippen molar-refractivity contribution in [2.75, 3.05) is 25.9 Å². The molecule has 1 saturated heterocycles. The monoisotopic (exact) mass is 327 g/mol. The van der Waals surface area contributed by atoms with Crippen molar-refractivity contribution in [3.05, 3.63) is 28.8 Å². The highest BCUT2D eigenvalue weighted by Crippen LogP contribution is 2.43. The summed E-state index contributed by atoms with van der Waals surface area (Å²) in [5, 5.41) is 0. The van der Waals surface area contributed by atoms with Gasteiger partial charge in [-0.25, -0.2) is 0 Å². The molecule has 24 heavy (non-hydrogen) atoms. The standard InChI is InChI=1S/C20H29N3O/c1-22-12-17-16(8-9-18(21)20(17)19(22)13-24)14-4-6-15(7-5-14)23-10-2-3-11-23/h8-9,13-15,19H,2-7,10-12,21H2,1H3. The molecular weight excluding hydrogens is 298 g/mol. The van der Waals surface area contributed by atoms with Crippen molar-refractivity contribution >= 4 is 12.0 Å².